The fraction of sp³-hybridized carbons (Fsp3) is 0.0625. The zero-order chi connectivity index (χ0) is 16.1. The fourth-order valence-corrected chi connectivity index (χ4v) is 1.94. The van der Waals surface area contributed by atoms with E-state index in [-0.39, 0.29) is 5.75 Å². The summed E-state index contributed by atoms with van der Waals surface area (Å²) in [6.07, 6.45) is 6.64. The highest BCUT2D eigenvalue weighted by atomic mass is 19.3. The Bertz CT molecular complexity index is 749. The molecule has 0 amide bonds. The van der Waals surface area contributed by atoms with Gasteiger partial charge in [-0.25, -0.2) is 9.97 Å². The van der Waals surface area contributed by atoms with E-state index in [2.05, 4.69) is 25.0 Å². The SMILES string of the molecule is FC(F)Oc1ccc(-c2cnc(Nc3cccnc3)nc2)cc1. The van der Waals surface area contributed by atoms with E-state index >= 15 is 0 Å². The Hall–Kier alpha value is -3.09. The normalized spacial score (nSPS) is 10.6. The van der Waals surface area contributed by atoms with E-state index in [4.69, 9.17) is 0 Å². The van der Waals surface area contributed by atoms with Crippen LogP contribution in [-0.4, -0.2) is 21.6 Å². The molecule has 3 rings (SSSR count). The van der Waals surface area contributed by atoms with Gasteiger partial charge in [0.05, 0.1) is 11.9 Å². The summed E-state index contributed by atoms with van der Waals surface area (Å²) < 4.78 is 28.5. The van der Waals surface area contributed by atoms with Crippen LogP contribution in [0.5, 0.6) is 5.75 Å². The van der Waals surface area contributed by atoms with E-state index in [1.54, 1.807) is 43.0 Å². The molecule has 2 heterocycles. The van der Waals surface area contributed by atoms with Gasteiger partial charge in [-0.2, -0.15) is 8.78 Å². The fourth-order valence-electron chi connectivity index (χ4n) is 1.94. The van der Waals surface area contributed by atoms with E-state index in [9.17, 15) is 8.78 Å². The molecule has 0 radical (unpaired) electrons. The molecule has 0 saturated heterocycles. The van der Waals surface area contributed by atoms with Crippen molar-refractivity contribution < 1.29 is 13.5 Å². The Morgan fingerprint density at radius 1 is 0.913 bits per heavy atom. The Morgan fingerprint density at radius 2 is 1.65 bits per heavy atom. The number of anilines is 2. The lowest BCUT2D eigenvalue weighted by Gasteiger charge is -2.07. The molecule has 0 spiro atoms. The van der Waals surface area contributed by atoms with Crippen molar-refractivity contribution in [1.29, 1.82) is 0 Å². The molecule has 0 unspecified atom stereocenters. The smallest absolute Gasteiger partial charge is 0.387 e. The summed E-state index contributed by atoms with van der Waals surface area (Å²) in [6.45, 7) is -2.83. The third kappa shape index (κ3) is 3.97. The largest absolute Gasteiger partial charge is 0.435 e. The van der Waals surface area contributed by atoms with Gasteiger partial charge >= 0.3 is 6.61 Å². The van der Waals surface area contributed by atoms with Crippen molar-refractivity contribution in [2.75, 3.05) is 5.32 Å². The molecule has 3 aromatic rings. The van der Waals surface area contributed by atoms with Gasteiger partial charge in [0.15, 0.2) is 0 Å². The van der Waals surface area contributed by atoms with Crippen molar-refractivity contribution in [3.63, 3.8) is 0 Å². The van der Waals surface area contributed by atoms with Gasteiger partial charge in [-0.1, -0.05) is 12.1 Å². The number of aromatic nitrogens is 3. The minimum atomic E-state index is -2.83. The first kappa shape index (κ1) is 14.8. The number of halogens is 2. The lowest BCUT2D eigenvalue weighted by atomic mass is 10.1. The van der Waals surface area contributed by atoms with Gasteiger partial charge in [-0.05, 0) is 29.8 Å². The lowest BCUT2D eigenvalue weighted by molar-refractivity contribution is -0.0498. The summed E-state index contributed by atoms with van der Waals surface area (Å²) >= 11 is 0. The van der Waals surface area contributed by atoms with Gasteiger partial charge in [-0.15, -0.1) is 0 Å². The molecule has 0 aliphatic carbocycles. The van der Waals surface area contributed by atoms with Crippen molar-refractivity contribution in [2.45, 2.75) is 6.61 Å². The highest BCUT2D eigenvalue weighted by Gasteiger charge is 2.05. The van der Waals surface area contributed by atoms with E-state index in [1.807, 2.05) is 6.07 Å². The lowest BCUT2D eigenvalue weighted by Crippen LogP contribution is -2.01. The summed E-state index contributed by atoms with van der Waals surface area (Å²) in [7, 11) is 0. The highest BCUT2D eigenvalue weighted by Crippen LogP contribution is 2.23. The van der Waals surface area contributed by atoms with Crippen LogP contribution in [0, 0.1) is 0 Å². The predicted molar refractivity (Wildman–Crippen MR) is 81.6 cm³/mol. The maximum absolute atomic E-state index is 12.1. The molecule has 0 fully saturated rings. The number of nitrogens with one attached hydrogen (secondary N) is 1. The molecule has 5 nitrogen and oxygen atoms in total. The molecule has 116 valence electrons. The van der Waals surface area contributed by atoms with Crippen LogP contribution in [0.15, 0.2) is 61.2 Å². The average molecular weight is 314 g/mol. The molecular formula is C16H12F2N4O. The maximum Gasteiger partial charge on any atom is 0.387 e. The number of benzene rings is 1. The van der Waals surface area contributed by atoms with Crippen LogP contribution in [0.2, 0.25) is 0 Å². The van der Waals surface area contributed by atoms with Gasteiger partial charge in [0.2, 0.25) is 5.95 Å². The van der Waals surface area contributed by atoms with E-state index in [0.29, 0.717) is 5.95 Å². The first-order chi connectivity index (χ1) is 11.2. The van der Waals surface area contributed by atoms with Gasteiger partial charge < -0.3 is 10.1 Å². The van der Waals surface area contributed by atoms with E-state index in [1.165, 1.54) is 12.1 Å². The van der Waals surface area contributed by atoms with E-state index < -0.39 is 6.61 Å². The quantitative estimate of drug-likeness (QED) is 0.774. The second-order valence-electron chi connectivity index (χ2n) is 4.56. The third-order valence-corrected chi connectivity index (χ3v) is 2.98. The number of hydrogen-bond acceptors (Lipinski definition) is 5. The Kier molecular flexibility index (Phi) is 4.37. The van der Waals surface area contributed by atoms with Crippen LogP contribution in [0.4, 0.5) is 20.4 Å². The van der Waals surface area contributed by atoms with Crippen LogP contribution >= 0.6 is 0 Å². The zero-order valence-corrected chi connectivity index (χ0v) is 11.9. The molecule has 0 aliphatic heterocycles. The van der Waals surface area contributed by atoms with Crippen molar-refractivity contribution in [2.24, 2.45) is 0 Å². The molecule has 0 atom stereocenters. The van der Waals surface area contributed by atoms with Crippen LogP contribution in [-0.2, 0) is 0 Å². The molecule has 1 N–H and O–H groups in total. The maximum atomic E-state index is 12.1. The molecule has 0 saturated carbocycles. The van der Waals surface area contributed by atoms with E-state index in [0.717, 1.165) is 16.8 Å². The standard InChI is InChI=1S/C16H12F2N4O/c17-15(18)23-14-5-3-11(4-6-14)12-8-20-16(21-9-12)22-13-2-1-7-19-10-13/h1-10,15H,(H,20,21,22). The number of nitrogens with zero attached hydrogens (tertiary/aromatic N) is 3. The summed E-state index contributed by atoms with van der Waals surface area (Å²) in [5, 5.41) is 3.03. The Balaban J connectivity index is 1.71. The van der Waals surface area contributed by atoms with Gasteiger partial charge in [0.1, 0.15) is 5.75 Å². The molecule has 0 bridgehead atoms. The minimum Gasteiger partial charge on any atom is -0.435 e. The van der Waals surface area contributed by atoms with Crippen LogP contribution in [0.1, 0.15) is 0 Å². The van der Waals surface area contributed by atoms with Crippen molar-refractivity contribution >= 4 is 11.6 Å². The minimum absolute atomic E-state index is 0.111. The number of ether oxygens (including phenoxy) is 1. The summed E-state index contributed by atoms with van der Waals surface area (Å²) in [4.78, 5) is 12.4. The van der Waals surface area contributed by atoms with Crippen molar-refractivity contribution in [3.05, 3.63) is 61.2 Å². The molecule has 1 aromatic carbocycles. The predicted octanol–water partition coefficient (Wildman–Crippen LogP) is 3.88. The topological polar surface area (TPSA) is 59.9 Å². The number of rotatable bonds is 5. The molecule has 7 heteroatoms. The molecule has 2 aromatic heterocycles. The Labute approximate surface area is 131 Å². The number of hydrogen-bond donors (Lipinski definition) is 1. The first-order valence-electron chi connectivity index (χ1n) is 6.75. The second kappa shape index (κ2) is 6.78. The monoisotopic (exact) mass is 314 g/mol. The number of pyridine rings is 1. The summed E-state index contributed by atoms with van der Waals surface area (Å²) in [5.74, 6) is 0.555. The van der Waals surface area contributed by atoms with Crippen LogP contribution in [0.25, 0.3) is 11.1 Å². The zero-order valence-electron chi connectivity index (χ0n) is 11.9. The first-order valence-corrected chi connectivity index (χ1v) is 6.75. The van der Waals surface area contributed by atoms with Gasteiger partial charge in [0.25, 0.3) is 0 Å². The van der Waals surface area contributed by atoms with Gasteiger partial charge in [-0.3, -0.25) is 4.98 Å². The molecule has 0 aliphatic rings. The second-order valence-corrected chi connectivity index (χ2v) is 4.56. The van der Waals surface area contributed by atoms with Crippen molar-refractivity contribution in [1.82, 2.24) is 15.0 Å². The third-order valence-electron chi connectivity index (χ3n) is 2.98. The highest BCUT2D eigenvalue weighted by molar-refractivity contribution is 5.63. The van der Waals surface area contributed by atoms with Gasteiger partial charge in [0, 0.05) is 24.2 Å². The summed E-state index contributed by atoms with van der Waals surface area (Å²) in [6, 6.07) is 9.95. The molecule has 23 heavy (non-hydrogen) atoms. The van der Waals surface area contributed by atoms with Crippen LogP contribution in [0.3, 0.4) is 0 Å². The Morgan fingerprint density at radius 3 is 2.26 bits per heavy atom. The summed E-state index contributed by atoms with van der Waals surface area (Å²) in [5.41, 5.74) is 2.36. The number of alkyl halides is 2. The van der Waals surface area contributed by atoms with Crippen molar-refractivity contribution in [3.8, 4) is 16.9 Å². The average Bonchev–Trinajstić information content (AvgIpc) is 2.57. The molecular weight excluding hydrogens is 302 g/mol. The van der Waals surface area contributed by atoms with Crippen LogP contribution < -0.4 is 10.1 Å².